The van der Waals surface area contributed by atoms with Crippen molar-refractivity contribution in [3.8, 4) is 11.1 Å². The van der Waals surface area contributed by atoms with Gasteiger partial charge in [0.1, 0.15) is 5.82 Å². The zero-order chi connectivity index (χ0) is 20.4. The van der Waals surface area contributed by atoms with Crippen molar-refractivity contribution in [3.63, 3.8) is 0 Å². The second kappa shape index (κ2) is 7.43. The summed E-state index contributed by atoms with van der Waals surface area (Å²) in [7, 11) is 0. The highest BCUT2D eigenvalue weighted by atomic mass is 16.2. The Hall–Kier alpha value is -4.20. The van der Waals surface area contributed by atoms with E-state index in [1.807, 2.05) is 18.2 Å². The predicted molar refractivity (Wildman–Crippen MR) is 112 cm³/mol. The Morgan fingerprint density at radius 2 is 1.66 bits per heavy atom. The molecule has 0 radical (unpaired) electrons. The Balaban J connectivity index is 1.58. The lowest BCUT2D eigenvalue weighted by Gasteiger charge is -2.10. The summed E-state index contributed by atoms with van der Waals surface area (Å²) in [4.78, 5) is 28.0. The monoisotopic (exact) mass is 386 g/mol. The van der Waals surface area contributed by atoms with E-state index in [1.54, 1.807) is 42.7 Å². The second-order valence-corrected chi connectivity index (χ2v) is 6.54. The number of aromatic amines is 1. The molecule has 29 heavy (non-hydrogen) atoms. The number of benzene rings is 2. The Morgan fingerprint density at radius 1 is 0.931 bits per heavy atom. The molecule has 0 aliphatic rings. The van der Waals surface area contributed by atoms with Crippen LogP contribution < -0.4 is 16.4 Å². The molecule has 2 heterocycles. The molecule has 0 spiro atoms. The molecule has 0 aliphatic carbocycles. The Morgan fingerprint density at radius 3 is 2.38 bits per heavy atom. The molecule has 0 bridgehead atoms. The molecule has 2 aromatic heterocycles. The molecular formula is C21H18N6O2. The van der Waals surface area contributed by atoms with E-state index < -0.39 is 0 Å². The van der Waals surface area contributed by atoms with Gasteiger partial charge in [0, 0.05) is 35.4 Å². The fraction of sp³-hybridized carbons (Fsp3) is 0.0476. The first-order valence-electron chi connectivity index (χ1n) is 8.87. The van der Waals surface area contributed by atoms with Gasteiger partial charge >= 0.3 is 0 Å². The van der Waals surface area contributed by atoms with Crippen molar-refractivity contribution in [2.24, 2.45) is 0 Å². The number of aromatic nitrogens is 3. The van der Waals surface area contributed by atoms with E-state index >= 15 is 0 Å². The summed E-state index contributed by atoms with van der Waals surface area (Å²) >= 11 is 0. The minimum absolute atomic E-state index is 0.144. The van der Waals surface area contributed by atoms with Gasteiger partial charge in [-0.1, -0.05) is 6.07 Å². The highest BCUT2D eigenvalue weighted by Crippen LogP contribution is 2.26. The lowest BCUT2D eigenvalue weighted by molar-refractivity contribution is -0.114. The summed E-state index contributed by atoms with van der Waals surface area (Å²) in [6.07, 6.45) is 3.37. The third-order valence-electron chi connectivity index (χ3n) is 4.40. The molecule has 0 aliphatic heterocycles. The van der Waals surface area contributed by atoms with Crippen LogP contribution in [0.3, 0.4) is 0 Å². The van der Waals surface area contributed by atoms with Crippen molar-refractivity contribution in [3.05, 3.63) is 66.5 Å². The molecule has 0 saturated heterocycles. The van der Waals surface area contributed by atoms with E-state index in [4.69, 9.17) is 5.73 Å². The average molecular weight is 386 g/mol. The standard InChI is InChI=1S/C21H18N6O2/c1-12(28)25-16-3-5-17(6-4-16)26-21(29)18-9-14(10-23-20(18)22)13-2-7-19-15(8-13)11-24-27-19/h2-11H,1H3,(H2,22,23)(H,24,27)(H,25,28)(H,26,29). The summed E-state index contributed by atoms with van der Waals surface area (Å²) in [5.74, 6) is -0.384. The first-order chi connectivity index (χ1) is 14.0. The van der Waals surface area contributed by atoms with Gasteiger partial charge in [-0.25, -0.2) is 4.98 Å². The number of amides is 2. The lowest BCUT2D eigenvalue weighted by Crippen LogP contribution is -2.15. The number of pyridine rings is 1. The number of carbonyl (C=O) groups excluding carboxylic acids is 2. The summed E-state index contributed by atoms with van der Waals surface area (Å²) < 4.78 is 0. The van der Waals surface area contributed by atoms with Gasteiger partial charge in [0.15, 0.2) is 0 Å². The first-order valence-corrected chi connectivity index (χ1v) is 8.87. The van der Waals surface area contributed by atoms with Crippen LogP contribution in [-0.4, -0.2) is 27.0 Å². The zero-order valence-electron chi connectivity index (χ0n) is 15.6. The van der Waals surface area contributed by atoms with Gasteiger partial charge in [-0.3, -0.25) is 14.7 Å². The van der Waals surface area contributed by atoms with Gasteiger partial charge in [-0.05, 0) is 48.0 Å². The first kappa shape index (κ1) is 18.2. The van der Waals surface area contributed by atoms with E-state index in [-0.39, 0.29) is 23.2 Å². The van der Waals surface area contributed by atoms with Crippen LogP contribution in [0.15, 0.2) is 60.9 Å². The maximum atomic E-state index is 12.7. The van der Waals surface area contributed by atoms with Crippen LogP contribution >= 0.6 is 0 Å². The number of nitrogen functional groups attached to an aromatic ring is 1. The largest absolute Gasteiger partial charge is 0.383 e. The van der Waals surface area contributed by atoms with E-state index in [0.717, 1.165) is 22.0 Å². The maximum Gasteiger partial charge on any atom is 0.259 e. The SMILES string of the molecule is CC(=O)Nc1ccc(NC(=O)c2cc(-c3ccc4[nH]ncc4c3)cnc2N)cc1. The minimum atomic E-state index is -0.367. The summed E-state index contributed by atoms with van der Waals surface area (Å²) in [5, 5.41) is 13.4. The third-order valence-corrected chi connectivity index (χ3v) is 4.40. The molecule has 0 atom stereocenters. The quantitative estimate of drug-likeness (QED) is 0.428. The van der Waals surface area contributed by atoms with Crippen molar-refractivity contribution >= 4 is 39.9 Å². The predicted octanol–water partition coefficient (Wildman–Crippen LogP) is 3.42. The average Bonchev–Trinajstić information content (AvgIpc) is 3.17. The number of nitrogens with one attached hydrogen (secondary N) is 3. The number of rotatable bonds is 4. The molecule has 144 valence electrons. The third kappa shape index (κ3) is 3.91. The molecule has 2 aromatic carbocycles. The number of fused-ring (bicyclic) bond motifs is 1. The molecule has 4 rings (SSSR count). The van der Waals surface area contributed by atoms with E-state index in [2.05, 4.69) is 25.8 Å². The molecular weight excluding hydrogens is 368 g/mol. The van der Waals surface area contributed by atoms with E-state index in [1.165, 1.54) is 6.92 Å². The van der Waals surface area contributed by atoms with Gasteiger partial charge < -0.3 is 16.4 Å². The van der Waals surface area contributed by atoms with E-state index in [9.17, 15) is 9.59 Å². The van der Waals surface area contributed by atoms with Crippen LogP contribution in [0.2, 0.25) is 0 Å². The van der Waals surface area contributed by atoms with Gasteiger partial charge in [-0.2, -0.15) is 5.10 Å². The van der Waals surface area contributed by atoms with Crippen LogP contribution in [-0.2, 0) is 4.79 Å². The smallest absolute Gasteiger partial charge is 0.259 e. The molecule has 8 nitrogen and oxygen atoms in total. The summed E-state index contributed by atoms with van der Waals surface area (Å²) in [6, 6.07) is 14.3. The normalized spacial score (nSPS) is 10.7. The number of carbonyl (C=O) groups is 2. The number of nitrogens with two attached hydrogens (primary N) is 1. The Kier molecular flexibility index (Phi) is 4.66. The Labute approximate surface area is 166 Å². The van der Waals surface area contributed by atoms with Gasteiger partial charge in [-0.15, -0.1) is 0 Å². The van der Waals surface area contributed by atoms with Crippen LogP contribution in [0.4, 0.5) is 17.2 Å². The number of hydrogen-bond donors (Lipinski definition) is 4. The molecule has 0 fully saturated rings. The summed E-state index contributed by atoms with van der Waals surface area (Å²) in [5.41, 5.74) is 10.0. The molecule has 8 heteroatoms. The van der Waals surface area contributed by atoms with Crippen molar-refractivity contribution in [1.29, 1.82) is 0 Å². The number of anilines is 3. The lowest BCUT2D eigenvalue weighted by atomic mass is 10.0. The number of H-pyrrole nitrogens is 1. The fourth-order valence-electron chi connectivity index (χ4n) is 2.98. The molecule has 0 unspecified atom stereocenters. The highest BCUT2D eigenvalue weighted by Gasteiger charge is 2.13. The molecule has 5 N–H and O–H groups in total. The van der Waals surface area contributed by atoms with Gasteiger partial charge in [0.05, 0.1) is 17.3 Å². The summed E-state index contributed by atoms with van der Waals surface area (Å²) in [6.45, 7) is 1.43. The minimum Gasteiger partial charge on any atom is -0.383 e. The molecule has 2 amide bonds. The van der Waals surface area contributed by atoms with Gasteiger partial charge in [0.2, 0.25) is 5.91 Å². The Bertz CT molecular complexity index is 1210. The molecule has 0 saturated carbocycles. The van der Waals surface area contributed by atoms with Crippen LogP contribution in [0.1, 0.15) is 17.3 Å². The highest BCUT2D eigenvalue weighted by molar-refractivity contribution is 6.08. The second-order valence-electron chi connectivity index (χ2n) is 6.54. The number of nitrogens with zero attached hydrogens (tertiary/aromatic N) is 2. The zero-order valence-corrected chi connectivity index (χ0v) is 15.6. The van der Waals surface area contributed by atoms with Crippen LogP contribution in [0.25, 0.3) is 22.0 Å². The van der Waals surface area contributed by atoms with E-state index in [0.29, 0.717) is 11.4 Å². The number of hydrogen-bond acceptors (Lipinski definition) is 5. The molecule has 4 aromatic rings. The van der Waals surface area contributed by atoms with Crippen LogP contribution in [0.5, 0.6) is 0 Å². The van der Waals surface area contributed by atoms with Crippen molar-refractivity contribution in [2.45, 2.75) is 6.92 Å². The van der Waals surface area contributed by atoms with Crippen molar-refractivity contribution in [1.82, 2.24) is 15.2 Å². The van der Waals surface area contributed by atoms with Crippen molar-refractivity contribution < 1.29 is 9.59 Å². The van der Waals surface area contributed by atoms with Gasteiger partial charge in [0.25, 0.3) is 5.91 Å². The van der Waals surface area contributed by atoms with Crippen molar-refractivity contribution in [2.75, 3.05) is 16.4 Å². The van der Waals surface area contributed by atoms with Crippen LogP contribution in [0, 0.1) is 0 Å². The topological polar surface area (TPSA) is 126 Å². The maximum absolute atomic E-state index is 12.7. The fourth-order valence-corrected chi connectivity index (χ4v) is 2.98.